The third-order valence-electron chi connectivity index (χ3n) is 4.77. The molecular formula is C18H17Br2F2N3O2. The summed E-state index contributed by atoms with van der Waals surface area (Å²) in [5.41, 5.74) is -0.283. The smallest absolute Gasteiger partial charge is 0.271 e. The van der Waals surface area contributed by atoms with Crippen LogP contribution in [0.4, 0.5) is 8.78 Å². The van der Waals surface area contributed by atoms with Gasteiger partial charge in [0, 0.05) is 6.54 Å². The van der Waals surface area contributed by atoms with Crippen LogP contribution in [0.2, 0.25) is 0 Å². The number of aromatic nitrogens is 2. The van der Waals surface area contributed by atoms with Gasteiger partial charge in [-0.2, -0.15) is 0 Å². The van der Waals surface area contributed by atoms with E-state index in [0.717, 1.165) is 30.6 Å². The molecule has 1 aromatic carbocycles. The van der Waals surface area contributed by atoms with Gasteiger partial charge in [-0.25, -0.2) is 18.7 Å². The zero-order valence-electron chi connectivity index (χ0n) is 14.8. The van der Waals surface area contributed by atoms with Gasteiger partial charge in [-0.3, -0.25) is 14.5 Å². The lowest BCUT2D eigenvalue weighted by Gasteiger charge is -2.20. The van der Waals surface area contributed by atoms with Crippen LogP contribution in [0.5, 0.6) is 0 Å². The zero-order valence-corrected chi connectivity index (χ0v) is 18.0. The van der Waals surface area contributed by atoms with Crippen molar-refractivity contribution in [2.75, 3.05) is 6.54 Å². The summed E-state index contributed by atoms with van der Waals surface area (Å²) in [5.74, 6) is -3.18. The first-order valence-corrected chi connectivity index (χ1v) is 10.3. The number of rotatable bonds is 6. The summed E-state index contributed by atoms with van der Waals surface area (Å²) in [5, 5.41) is 0. The number of nitrogens with zero attached hydrogens (tertiary/aromatic N) is 3. The van der Waals surface area contributed by atoms with E-state index in [-0.39, 0.29) is 43.8 Å². The number of carbonyl (C=O) groups is 2. The molecule has 2 heterocycles. The highest BCUT2D eigenvalue weighted by atomic mass is 79.9. The maximum atomic E-state index is 14.0. The maximum absolute atomic E-state index is 14.0. The molecule has 0 radical (unpaired) electrons. The number of carbonyl (C=O) groups excluding carboxylic acids is 2. The van der Waals surface area contributed by atoms with E-state index >= 15 is 0 Å². The van der Waals surface area contributed by atoms with Crippen LogP contribution in [0.1, 0.15) is 60.5 Å². The SMILES string of the molecule is CCCCC(CC)CN1C(=O)c2nc3c(Br)c(F)c(F)c(Br)c3nc2C1=O. The number of hydrogen-bond donors (Lipinski definition) is 0. The van der Waals surface area contributed by atoms with Crippen molar-refractivity contribution in [2.45, 2.75) is 39.5 Å². The minimum absolute atomic E-state index is 0.0134. The van der Waals surface area contributed by atoms with E-state index in [1.165, 1.54) is 0 Å². The lowest BCUT2D eigenvalue weighted by atomic mass is 9.99. The topological polar surface area (TPSA) is 63.2 Å². The second-order valence-electron chi connectivity index (χ2n) is 6.51. The summed E-state index contributed by atoms with van der Waals surface area (Å²) >= 11 is 5.91. The molecule has 1 atom stereocenters. The van der Waals surface area contributed by atoms with E-state index < -0.39 is 23.4 Å². The normalized spacial score (nSPS) is 15.0. The predicted octanol–water partition coefficient (Wildman–Crippen LogP) is 5.25. The Labute approximate surface area is 171 Å². The van der Waals surface area contributed by atoms with Crippen LogP contribution in [0, 0.1) is 17.6 Å². The van der Waals surface area contributed by atoms with Crippen molar-refractivity contribution in [3.63, 3.8) is 0 Å². The molecule has 1 unspecified atom stereocenters. The molecule has 0 saturated carbocycles. The fraction of sp³-hybridized carbons (Fsp3) is 0.444. The number of imide groups is 1. The zero-order chi connectivity index (χ0) is 19.9. The summed E-state index contributed by atoms with van der Waals surface area (Å²) in [4.78, 5) is 34.9. The van der Waals surface area contributed by atoms with Gasteiger partial charge in [-0.1, -0.05) is 33.1 Å². The van der Waals surface area contributed by atoms with Crippen molar-refractivity contribution in [1.29, 1.82) is 0 Å². The first kappa shape index (κ1) is 20.3. The van der Waals surface area contributed by atoms with Gasteiger partial charge >= 0.3 is 0 Å². The van der Waals surface area contributed by atoms with Crippen LogP contribution in [0.3, 0.4) is 0 Å². The van der Waals surface area contributed by atoms with Gasteiger partial charge < -0.3 is 0 Å². The van der Waals surface area contributed by atoms with Gasteiger partial charge in [0.1, 0.15) is 11.0 Å². The highest BCUT2D eigenvalue weighted by Crippen LogP contribution is 2.35. The third kappa shape index (κ3) is 3.40. The molecule has 2 amide bonds. The summed E-state index contributed by atoms with van der Waals surface area (Å²) in [7, 11) is 0. The molecule has 144 valence electrons. The van der Waals surface area contributed by atoms with E-state index in [1.54, 1.807) is 0 Å². The highest BCUT2D eigenvalue weighted by molar-refractivity contribution is 9.11. The van der Waals surface area contributed by atoms with E-state index in [1.807, 2.05) is 6.92 Å². The Balaban J connectivity index is 2.05. The Morgan fingerprint density at radius 2 is 1.44 bits per heavy atom. The van der Waals surface area contributed by atoms with Crippen molar-refractivity contribution in [3.8, 4) is 0 Å². The second-order valence-corrected chi connectivity index (χ2v) is 8.10. The Bertz CT molecular complexity index is 886. The molecule has 0 bridgehead atoms. The summed E-state index contributed by atoms with van der Waals surface area (Å²) in [6.07, 6.45) is 3.80. The number of hydrogen-bond acceptors (Lipinski definition) is 4. The van der Waals surface area contributed by atoms with Crippen molar-refractivity contribution < 1.29 is 18.4 Å². The van der Waals surface area contributed by atoms with E-state index in [0.29, 0.717) is 0 Å². The first-order valence-electron chi connectivity index (χ1n) is 8.71. The minimum atomic E-state index is -1.14. The molecule has 5 nitrogen and oxygen atoms in total. The van der Waals surface area contributed by atoms with Gasteiger partial charge in [-0.15, -0.1) is 0 Å². The molecule has 1 aromatic heterocycles. The monoisotopic (exact) mass is 503 g/mol. The molecule has 1 aliphatic rings. The van der Waals surface area contributed by atoms with Gasteiger partial charge in [0.15, 0.2) is 23.0 Å². The highest BCUT2D eigenvalue weighted by Gasteiger charge is 2.40. The van der Waals surface area contributed by atoms with Crippen LogP contribution in [0.25, 0.3) is 11.0 Å². The number of benzene rings is 1. The standard InChI is InChI=1S/C18H17Br2F2N3O2/c1-3-5-6-8(4-2)7-25-17(26)15-16(18(25)27)24-14-10(20)12(22)11(21)9(19)13(14)23-15/h8H,3-7H2,1-2H3. The van der Waals surface area contributed by atoms with Crippen LogP contribution in [0.15, 0.2) is 8.95 Å². The fourth-order valence-electron chi connectivity index (χ4n) is 3.13. The fourth-order valence-corrected chi connectivity index (χ4v) is 4.03. The number of amides is 2. The Hall–Kier alpha value is -1.48. The molecule has 1 aliphatic heterocycles. The average molecular weight is 505 g/mol. The largest absolute Gasteiger partial charge is 0.281 e. The van der Waals surface area contributed by atoms with Crippen LogP contribution in [-0.2, 0) is 0 Å². The summed E-state index contributed by atoms with van der Waals surface area (Å²) < 4.78 is 27.5. The summed E-state index contributed by atoms with van der Waals surface area (Å²) in [6.45, 7) is 4.39. The van der Waals surface area contributed by atoms with E-state index in [2.05, 4.69) is 48.8 Å². The molecule has 9 heteroatoms. The van der Waals surface area contributed by atoms with Gasteiger partial charge in [0.25, 0.3) is 11.8 Å². The van der Waals surface area contributed by atoms with E-state index in [4.69, 9.17) is 0 Å². The molecule has 0 fully saturated rings. The molecule has 27 heavy (non-hydrogen) atoms. The second kappa shape index (κ2) is 7.87. The Morgan fingerprint density at radius 3 is 1.85 bits per heavy atom. The van der Waals surface area contributed by atoms with Crippen molar-refractivity contribution in [3.05, 3.63) is 32.0 Å². The Kier molecular flexibility index (Phi) is 5.90. The van der Waals surface area contributed by atoms with E-state index in [9.17, 15) is 18.4 Å². The molecule has 0 aliphatic carbocycles. The van der Waals surface area contributed by atoms with Gasteiger partial charge in [-0.05, 0) is 44.2 Å². The minimum Gasteiger partial charge on any atom is -0.271 e. The third-order valence-corrected chi connectivity index (χ3v) is 6.22. The van der Waals surface area contributed by atoms with Crippen LogP contribution < -0.4 is 0 Å². The lowest BCUT2D eigenvalue weighted by Crippen LogP contribution is -2.34. The van der Waals surface area contributed by atoms with Crippen LogP contribution in [-0.4, -0.2) is 33.2 Å². The number of halogens is 4. The van der Waals surface area contributed by atoms with Gasteiger partial charge in [0.2, 0.25) is 0 Å². The van der Waals surface area contributed by atoms with Crippen molar-refractivity contribution >= 4 is 54.7 Å². The predicted molar refractivity (Wildman–Crippen MR) is 104 cm³/mol. The molecule has 0 N–H and O–H groups in total. The number of fused-ring (bicyclic) bond motifs is 2. The molecule has 2 aromatic rings. The quantitative estimate of drug-likeness (QED) is 0.306. The van der Waals surface area contributed by atoms with Crippen molar-refractivity contribution in [2.24, 2.45) is 5.92 Å². The van der Waals surface area contributed by atoms with Crippen molar-refractivity contribution in [1.82, 2.24) is 14.9 Å². The van der Waals surface area contributed by atoms with Gasteiger partial charge in [0.05, 0.1) is 8.95 Å². The maximum Gasteiger partial charge on any atom is 0.281 e. The van der Waals surface area contributed by atoms with Crippen LogP contribution >= 0.6 is 31.9 Å². The molecule has 0 spiro atoms. The Morgan fingerprint density at radius 1 is 0.963 bits per heavy atom. The lowest BCUT2D eigenvalue weighted by molar-refractivity contribution is 0.0620. The number of unbranched alkanes of at least 4 members (excludes halogenated alkanes) is 1. The molecule has 0 saturated heterocycles. The molecule has 3 rings (SSSR count). The molecular weight excluding hydrogens is 488 g/mol. The first-order chi connectivity index (χ1) is 12.8. The average Bonchev–Trinajstić information content (AvgIpc) is 2.90. The summed E-state index contributed by atoms with van der Waals surface area (Å²) in [6, 6.07) is 0.